The molecule has 1 amide bonds. The number of nitrogens with one attached hydrogen (secondary N) is 1. The molecule has 36 heavy (non-hydrogen) atoms. The number of hydrogen-bond donors (Lipinski definition) is 2. The number of carbonyl (C=O) groups excluding carboxylic acids is 1. The first-order chi connectivity index (χ1) is 17.0. The number of hydrogen-bond acceptors (Lipinski definition) is 6. The number of halogens is 5. The number of anilines is 1. The quantitative estimate of drug-likeness (QED) is 0.542. The fourth-order valence-corrected chi connectivity index (χ4v) is 4.37. The summed E-state index contributed by atoms with van der Waals surface area (Å²) in [6.45, 7) is 2.40. The number of aromatic nitrogens is 1. The smallest absolute Gasteiger partial charge is 0.417 e. The van der Waals surface area contributed by atoms with Crippen molar-refractivity contribution < 1.29 is 46.1 Å². The molecule has 3 heterocycles. The number of rotatable bonds is 7. The van der Waals surface area contributed by atoms with Crippen molar-refractivity contribution in [2.75, 3.05) is 25.1 Å². The van der Waals surface area contributed by atoms with Crippen molar-refractivity contribution in [1.82, 2.24) is 4.98 Å². The zero-order valence-corrected chi connectivity index (χ0v) is 19.4. The van der Waals surface area contributed by atoms with E-state index in [-0.39, 0.29) is 30.4 Å². The van der Waals surface area contributed by atoms with Crippen molar-refractivity contribution in [2.24, 2.45) is 11.8 Å². The zero-order chi connectivity index (χ0) is 26.3. The average molecular weight is 516 g/mol. The van der Waals surface area contributed by atoms with Crippen LogP contribution in [0.3, 0.4) is 0 Å². The molecule has 2 aliphatic rings. The van der Waals surface area contributed by atoms with Gasteiger partial charge in [-0.15, -0.1) is 0 Å². The van der Waals surface area contributed by atoms with Crippen LogP contribution in [-0.2, 0) is 20.9 Å². The van der Waals surface area contributed by atoms with Gasteiger partial charge in [0.05, 0.1) is 44.0 Å². The number of alkyl halides is 3. The summed E-state index contributed by atoms with van der Waals surface area (Å²) in [7, 11) is 0. The average Bonchev–Trinajstić information content (AvgIpc) is 3.08. The summed E-state index contributed by atoms with van der Waals surface area (Å²) in [6.07, 6.45) is -5.36. The number of nitrogens with zero attached hydrogens (tertiary/aromatic N) is 1. The summed E-state index contributed by atoms with van der Waals surface area (Å²) in [5, 5.41) is 11.6. The summed E-state index contributed by atoms with van der Waals surface area (Å²) in [4.78, 5) is 17.1. The predicted octanol–water partition coefficient (Wildman–Crippen LogP) is 3.96. The molecule has 2 aromatic rings. The minimum atomic E-state index is -4.87. The number of aliphatic hydroxyl groups excluding tert-OH is 1. The van der Waals surface area contributed by atoms with E-state index in [0.29, 0.717) is 18.9 Å². The third-order valence-corrected chi connectivity index (χ3v) is 6.79. The van der Waals surface area contributed by atoms with E-state index in [0.717, 1.165) is 19.1 Å². The first-order valence-electron chi connectivity index (χ1n) is 11.3. The summed E-state index contributed by atoms with van der Waals surface area (Å²) >= 11 is 0. The van der Waals surface area contributed by atoms with Crippen LogP contribution in [0.15, 0.2) is 30.5 Å². The van der Waals surface area contributed by atoms with E-state index >= 15 is 0 Å². The Morgan fingerprint density at radius 2 is 1.97 bits per heavy atom. The van der Waals surface area contributed by atoms with Crippen LogP contribution in [0.4, 0.5) is 27.6 Å². The van der Waals surface area contributed by atoms with Crippen LogP contribution in [0.25, 0.3) is 0 Å². The molecule has 1 aromatic heterocycles. The Labute approximate surface area is 203 Å². The predicted molar refractivity (Wildman–Crippen MR) is 116 cm³/mol. The first kappa shape index (κ1) is 26.2. The van der Waals surface area contributed by atoms with Gasteiger partial charge in [0.1, 0.15) is 6.10 Å². The van der Waals surface area contributed by atoms with Gasteiger partial charge in [0.2, 0.25) is 5.82 Å². The molecular weight excluding hydrogens is 491 g/mol. The van der Waals surface area contributed by atoms with Gasteiger partial charge in [-0.05, 0) is 25.1 Å². The standard InChI is InChI=1S/C24H25F5N2O5/c1-12-18(16-5-6-17(25)19(26)20(16)35-11-13-9-34-10-13)21(36-23(12,2)24(27,28)29)22(33)31-14-3-4-15(8-32)30-7-14/h3-7,12-13,18,21,32H,8-11H2,1-2H3,(H,31,33)/t12-,18-,21+,23+/m0/s1. The van der Waals surface area contributed by atoms with Crippen molar-refractivity contribution in [3.8, 4) is 5.75 Å². The van der Waals surface area contributed by atoms with Crippen molar-refractivity contribution in [2.45, 2.75) is 44.3 Å². The van der Waals surface area contributed by atoms with Gasteiger partial charge in [-0.25, -0.2) is 4.39 Å². The minimum absolute atomic E-state index is 0.0361. The summed E-state index contributed by atoms with van der Waals surface area (Å²) < 4.78 is 87.3. The molecule has 0 bridgehead atoms. The lowest BCUT2D eigenvalue weighted by atomic mass is 9.77. The van der Waals surface area contributed by atoms with E-state index in [1.54, 1.807) is 0 Å². The summed E-state index contributed by atoms with van der Waals surface area (Å²) in [5.74, 6) is -6.86. The first-order valence-corrected chi connectivity index (χ1v) is 11.3. The molecule has 2 aliphatic heterocycles. The molecule has 196 valence electrons. The molecule has 0 aliphatic carbocycles. The van der Waals surface area contributed by atoms with Crippen molar-refractivity contribution in [1.29, 1.82) is 0 Å². The molecular formula is C24H25F5N2O5. The van der Waals surface area contributed by atoms with Crippen molar-refractivity contribution in [3.05, 3.63) is 53.4 Å². The van der Waals surface area contributed by atoms with Crippen LogP contribution >= 0.6 is 0 Å². The molecule has 2 N–H and O–H groups in total. The van der Waals surface area contributed by atoms with E-state index in [1.165, 1.54) is 25.3 Å². The molecule has 12 heteroatoms. The maximum absolute atomic E-state index is 14.9. The lowest BCUT2D eigenvalue weighted by Gasteiger charge is -2.32. The van der Waals surface area contributed by atoms with Crippen LogP contribution in [0.5, 0.6) is 5.75 Å². The van der Waals surface area contributed by atoms with Gasteiger partial charge in [-0.3, -0.25) is 9.78 Å². The van der Waals surface area contributed by atoms with Crippen LogP contribution in [0.1, 0.15) is 31.0 Å². The van der Waals surface area contributed by atoms with E-state index in [1.807, 2.05) is 0 Å². The Morgan fingerprint density at radius 3 is 2.53 bits per heavy atom. The molecule has 0 saturated carbocycles. The highest BCUT2D eigenvalue weighted by Crippen LogP contribution is 2.55. The molecule has 0 radical (unpaired) electrons. The largest absolute Gasteiger partial charge is 0.490 e. The Hall–Kier alpha value is -2.83. The second kappa shape index (κ2) is 9.91. The third-order valence-electron chi connectivity index (χ3n) is 6.79. The lowest BCUT2D eigenvalue weighted by molar-refractivity contribution is -0.272. The van der Waals surface area contributed by atoms with E-state index in [9.17, 15) is 26.7 Å². The topological polar surface area (TPSA) is 89.9 Å². The number of ether oxygens (including phenoxy) is 3. The Kier molecular flexibility index (Phi) is 7.22. The molecule has 4 atom stereocenters. The number of pyridine rings is 1. The number of benzene rings is 1. The second-order valence-electron chi connectivity index (χ2n) is 9.14. The number of carbonyl (C=O) groups is 1. The highest BCUT2D eigenvalue weighted by atomic mass is 19.4. The van der Waals surface area contributed by atoms with Gasteiger partial charge in [-0.2, -0.15) is 17.6 Å². The van der Waals surface area contributed by atoms with E-state index < -0.39 is 53.0 Å². The van der Waals surface area contributed by atoms with Crippen molar-refractivity contribution in [3.63, 3.8) is 0 Å². The normalized spacial score (nSPS) is 26.5. The molecule has 0 unspecified atom stereocenters. The second-order valence-corrected chi connectivity index (χ2v) is 9.14. The van der Waals surface area contributed by atoms with Gasteiger partial charge in [0.15, 0.2) is 17.2 Å². The number of aliphatic hydroxyl groups is 1. The highest BCUT2D eigenvalue weighted by Gasteiger charge is 2.66. The Bertz CT molecular complexity index is 1110. The van der Waals surface area contributed by atoms with Gasteiger partial charge in [0, 0.05) is 23.3 Å². The van der Waals surface area contributed by atoms with Crippen LogP contribution < -0.4 is 10.1 Å². The molecule has 1 aromatic carbocycles. The van der Waals surface area contributed by atoms with Gasteiger partial charge < -0.3 is 24.6 Å². The van der Waals surface area contributed by atoms with E-state index in [4.69, 9.17) is 19.3 Å². The molecule has 0 spiro atoms. The fourth-order valence-electron chi connectivity index (χ4n) is 4.37. The molecule has 2 saturated heterocycles. The Balaban J connectivity index is 1.72. The van der Waals surface area contributed by atoms with Gasteiger partial charge in [0.25, 0.3) is 5.91 Å². The minimum Gasteiger partial charge on any atom is -0.490 e. The lowest BCUT2D eigenvalue weighted by Crippen LogP contribution is -2.47. The SMILES string of the molecule is C[C@H]1[C@@H](c2ccc(F)c(F)c2OCC2COC2)[C@H](C(=O)Nc2ccc(CO)nc2)O[C@@]1(C)C(F)(F)F. The third kappa shape index (κ3) is 4.76. The molecule has 7 nitrogen and oxygen atoms in total. The van der Waals surface area contributed by atoms with Gasteiger partial charge in [-0.1, -0.05) is 13.0 Å². The summed E-state index contributed by atoms with van der Waals surface area (Å²) in [6, 6.07) is 4.75. The summed E-state index contributed by atoms with van der Waals surface area (Å²) in [5.41, 5.74) is -2.40. The number of amides is 1. The van der Waals surface area contributed by atoms with Crippen LogP contribution in [0, 0.1) is 23.5 Å². The highest BCUT2D eigenvalue weighted by molar-refractivity contribution is 5.95. The van der Waals surface area contributed by atoms with E-state index in [2.05, 4.69) is 10.3 Å². The van der Waals surface area contributed by atoms with Crippen LogP contribution in [-0.4, -0.2) is 53.7 Å². The zero-order valence-electron chi connectivity index (χ0n) is 19.4. The fraction of sp³-hybridized carbons (Fsp3) is 0.500. The Morgan fingerprint density at radius 1 is 1.25 bits per heavy atom. The maximum Gasteiger partial charge on any atom is 0.417 e. The van der Waals surface area contributed by atoms with Gasteiger partial charge >= 0.3 is 6.18 Å². The molecule has 2 fully saturated rings. The molecule has 4 rings (SSSR count). The van der Waals surface area contributed by atoms with Crippen molar-refractivity contribution >= 4 is 11.6 Å². The maximum atomic E-state index is 14.9. The monoisotopic (exact) mass is 516 g/mol. The van der Waals surface area contributed by atoms with Crippen LogP contribution in [0.2, 0.25) is 0 Å².